The maximum absolute atomic E-state index is 4.32. The van der Waals surface area contributed by atoms with Crippen LogP contribution in [0.25, 0.3) is 0 Å². The number of rotatable bonds is 16. The van der Waals surface area contributed by atoms with Crippen LogP contribution >= 0.6 is 133 Å². The van der Waals surface area contributed by atoms with Crippen molar-refractivity contribution in [2.45, 2.75) is 0 Å². The summed E-state index contributed by atoms with van der Waals surface area (Å²) < 4.78 is 0. The number of hydrogen-bond acceptors (Lipinski definition) is 12. The van der Waals surface area contributed by atoms with Crippen molar-refractivity contribution in [1.82, 2.24) is 0 Å². The van der Waals surface area contributed by atoms with Gasteiger partial charge in [-0.15, -0.1) is 0 Å². The monoisotopic (exact) mass is 620 g/mol. The van der Waals surface area contributed by atoms with Gasteiger partial charge < -0.3 is 0 Å². The van der Waals surface area contributed by atoms with Crippen LogP contribution in [-0.2, 0) is 0 Å². The Morgan fingerprint density at radius 2 is 0.714 bits per heavy atom. The first-order valence-electron chi connectivity index (χ1n) is 5.55. The summed E-state index contributed by atoms with van der Waals surface area (Å²) in [4.78, 5) is 0. The zero-order valence-electron chi connectivity index (χ0n) is 11.2. The van der Waals surface area contributed by atoms with E-state index >= 15 is 0 Å². The maximum atomic E-state index is 4.32. The van der Waals surface area contributed by atoms with E-state index in [0.717, 1.165) is 20.3 Å². The van der Waals surface area contributed by atoms with Crippen molar-refractivity contribution >= 4 is 146 Å². The van der Waals surface area contributed by atoms with E-state index in [-0.39, 0.29) is 0 Å². The van der Waals surface area contributed by atoms with Gasteiger partial charge in [-0.05, 0) is 0 Å². The molecule has 0 aliphatic heterocycles. The molecule has 0 radical (unpaired) electrons. The molecule has 0 nitrogen and oxygen atoms in total. The second-order valence-electron chi connectivity index (χ2n) is 2.88. The molecule has 0 aliphatic carbocycles. The number of thiol groups is 4. The quantitative estimate of drug-likeness (QED) is 0.0647. The van der Waals surface area contributed by atoms with E-state index in [1.54, 1.807) is 0 Å². The zero-order chi connectivity index (χ0) is 15.8. The van der Waals surface area contributed by atoms with Crippen LogP contribution in [0.4, 0.5) is 0 Å². The van der Waals surface area contributed by atoms with Gasteiger partial charge in [-0.1, -0.05) is 0 Å². The molecule has 0 aromatic heterocycles. The molecule has 128 valence electrons. The van der Waals surface area contributed by atoms with E-state index in [4.69, 9.17) is 0 Å². The number of hydrogen-bond donors (Lipinski definition) is 4. The van der Waals surface area contributed by atoms with Gasteiger partial charge in [0.2, 0.25) is 0 Å². The Balaban J connectivity index is 4.52. The average molecular weight is 620 g/mol. The van der Waals surface area contributed by atoms with Gasteiger partial charge in [0.15, 0.2) is 0 Å². The van der Waals surface area contributed by atoms with E-state index in [2.05, 4.69) is 86.3 Å². The topological polar surface area (TPSA) is 0 Å². The molecule has 13 heteroatoms. The van der Waals surface area contributed by atoms with E-state index in [0.29, 0.717) is 0 Å². The van der Waals surface area contributed by atoms with E-state index in [1.165, 1.54) is 20.3 Å². The van der Waals surface area contributed by atoms with Crippen LogP contribution in [0.1, 0.15) is 0 Å². The molecule has 0 bridgehead atoms. The molecule has 0 aliphatic rings. The molecule has 0 saturated carbocycles. The second kappa shape index (κ2) is 19.8. The molecule has 0 amide bonds. The third kappa shape index (κ3) is 15.7. The van der Waals surface area contributed by atoms with Crippen LogP contribution < -0.4 is 0 Å². The summed E-state index contributed by atoms with van der Waals surface area (Å²) >= 11 is 22.6. The predicted molar refractivity (Wildman–Crippen MR) is 141 cm³/mol. The fourth-order valence-electron chi connectivity index (χ4n) is 0.854. The van der Waals surface area contributed by atoms with Crippen LogP contribution in [-0.4, -0.2) is 53.5 Å². The van der Waals surface area contributed by atoms with Crippen LogP contribution in [0.15, 0.2) is 0 Å². The van der Waals surface area contributed by atoms with Crippen molar-refractivity contribution in [2.75, 3.05) is 40.7 Å². The minimum atomic E-state index is -2.34. The van der Waals surface area contributed by atoms with Crippen molar-refractivity contribution < 1.29 is 0 Å². The number of thioether (sulfide) groups is 4. The fourth-order valence-corrected chi connectivity index (χ4v) is 81.5. The molecule has 0 spiro atoms. The summed E-state index contributed by atoms with van der Waals surface area (Å²) in [5, 5.41) is 8.36. The average Bonchev–Trinajstić information content (AvgIpc) is 2.48. The normalized spacial score (nSPS) is 12.0. The summed E-state index contributed by atoms with van der Waals surface area (Å²) in [6, 6.07) is 0. The van der Waals surface area contributed by atoms with Gasteiger partial charge in [0.25, 0.3) is 0 Å². The van der Waals surface area contributed by atoms with Crippen LogP contribution in [0.3, 0.4) is 0 Å². The molecule has 0 aromatic carbocycles. The van der Waals surface area contributed by atoms with Gasteiger partial charge in [0, 0.05) is 0 Å². The van der Waals surface area contributed by atoms with Gasteiger partial charge in [-0.2, -0.15) is 0 Å². The summed E-state index contributed by atoms with van der Waals surface area (Å²) in [5.41, 5.74) is 0. The van der Waals surface area contributed by atoms with Crippen molar-refractivity contribution in [2.24, 2.45) is 0 Å². The van der Waals surface area contributed by atoms with Gasteiger partial charge in [0.1, 0.15) is 0 Å². The first-order valence-corrected chi connectivity index (χ1v) is 30.6. The molecule has 0 N–H and O–H groups in total. The fraction of sp³-hybridized carbons (Fsp3) is 1.00. The predicted octanol–water partition coefficient (Wildman–Crippen LogP) is 6.67. The van der Waals surface area contributed by atoms with Crippen molar-refractivity contribution in [3.63, 3.8) is 0 Å². The molecular formula is C8H20S12Sn. The molecular weight excluding hydrogens is 600 g/mol. The molecule has 0 unspecified atom stereocenters. The summed E-state index contributed by atoms with van der Waals surface area (Å²) in [7, 11) is 8.97. The van der Waals surface area contributed by atoms with Crippen molar-refractivity contribution in [3.05, 3.63) is 0 Å². The summed E-state index contributed by atoms with van der Waals surface area (Å²) in [6.45, 7) is 0. The molecule has 21 heavy (non-hydrogen) atoms. The molecule has 0 fully saturated rings. The first kappa shape index (κ1) is 26.0. The van der Waals surface area contributed by atoms with Crippen LogP contribution in [0, 0.1) is 0 Å². The third-order valence-electron chi connectivity index (χ3n) is 1.64. The standard InChI is InChI=1S/4C2H6S3.Sn/c4*3-1-5-2-4;/h4*3-4H,1-2H2;/q;;;;+4/p-4. The minimum absolute atomic E-state index is 0.914. The van der Waals surface area contributed by atoms with Gasteiger partial charge in [0.05, 0.1) is 0 Å². The Morgan fingerprint density at radius 1 is 0.476 bits per heavy atom. The molecule has 0 saturated heterocycles. The Kier molecular flexibility index (Phi) is 24.5. The van der Waals surface area contributed by atoms with Crippen molar-refractivity contribution in [3.8, 4) is 0 Å². The first-order chi connectivity index (χ1) is 10.2. The molecule has 0 rings (SSSR count). The van der Waals surface area contributed by atoms with E-state index < -0.39 is 12.8 Å². The molecule has 0 aromatic rings. The zero-order valence-corrected chi connectivity index (χ0v) is 24.2. The Morgan fingerprint density at radius 3 is 0.905 bits per heavy atom. The SMILES string of the molecule is SCSC[S][Sn]([S]CSCS)([S]CSCS)[S]CSCS. The van der Waals surface area contributed by atoms with E-state index in [9.17, 15) is 0 Å². The Bertz CT molecular complexity index is 174. The van der Waals surface area contributed by atoms with E-state index in [1.807, 2.05) is 47.0 Å². The molecule has 0 heterocycles. The summed E-state index contributed by atoms with van der Waals surface area (Å²) in [6.07, 6.45) is 0. The Hall–Kier alpha value is 5.00. The van der Waals surface area contributed by atoms with Gasteiger partial charge in [-0.3, -0.25) is 0 Å². The van der Waals surface area contributed by atoms with Gasteiger partial charge in [-0.25, -0.2) is 0 Å². The van der Waals surface area contributed by atoms with Gasteiger partial charge >= 0.3 is 187 Å². The van der Waals surface area contributed by atoms with Crippen LogP contribution in [0.2, 0.25) is 0 Å². The third-order valence-corrected chi connectivity index (χ3v) is 63.2. The van der Waals surface area contributed by atoms with Crippen molar-refractivity contribution in [1.29, 1.82) is 0 Å². The Labute approximate surface area is 183 Å². The summed E-state index contributed by atoms with van der Waals surface area (Å²) in [5.74, 6) is 0. The van der Waals surface area contributed by atoms with Crippen LogP contribution in [0.5, 0.6) is 0 Å². The molecule has 0 atom stereocenters. The second-order valence-corrected chi connectivity index (χ2v) is 53.1.